The van der Waals surface area contributed by atoms with Crippen molar-refractivity contribution < 1.29 is 24.5 Å². The number of nitrogens with one attached hydrogen (secondary N) is 1. The largest absolute Gasteiger partial charge is 0.508 e. The lowest BCUT2D eigenvalue weighted by molar-refractivity contribution is -0.137. The van der Waals surface area contributed by atoms with Crippen molar-refractivity contribution in [3.05, 3.63) is 29.8 Å². The Morgan fingerprint density at radius 3 is 2.50 bits per heavy atom. The van der Waals surface area contributed by atoms with E-state index in [1.54, 1.807) is 32.9 Å². The number of carbonyl (C=O) groups is 2. The number of carboxylic acids is 1. The smallest absolute Gasteiger partial charge is 0.408 e. The Bertz CT molecular complexity index is 493. The zero-order valence-corrected chi connectivity index (χ0v) is 11.7. The summed E-state index contributed by atoms with van der Waals surface area (Å²) in [5.74, 6) is -1.06. The van der Waals surface area contributed by atoms with E-state index in [4.69, 9.17) is 9.84 Å². The van der Waals surface area contributed by atoms with Crippen LogP contribution < -0.4 is 5.32 Å². The third-order valence-corrected chi connectivity index (χ3v) is 2.34. The van der Waals surface area contributed by atoms with Gasteiger partial charge in [-0.15, -0.1) is 0 Å². The van der Waals surface area contributed by atoms with E-state index in [2.05, 4.69) is 5.32 Å². The lowest BCUT2D eigenvalue weighted by Gasteiger charge is -2.23. The van der Waals surface area contributed by atoms with E-state index >= 15 is 0 Å². The molecule has 0 aromatic heterocycles. The second kappa shape index (κ2) is 6.27. The Hall–Kier alpha value is -2.24. The Kier molecular flexibility index (Phi) is 4.96. The highest BCUT2D eigenvalue weighted by Gasteiger charge is 2.22. The van der Waals surface area contributed by atoms with Gasteiger partial charge in [0.1, 0.15) is 11.4 Å². The molecular weight excluding hydrogens is 262 g/mol. The van der Waals surface area contributed by atoms with Crippen LogP contribution in [0.1, 0.15) is 38.8 Å². The van der Waals surface area contributed by atoms with Gasteiger partial charge < -0.3 is 20.3 Å². The normalized spacial score (nSPS) is 12.6. The Labute approximate surface area is 117 Å². The number of benzene rings is 1. The summed E-state index contributed by atoms with van der Waals surface area (Å²) in [6, 6.07) is 5.32. The van der Waals surface area contributed by atoms with E-state index in [0.717, 1.165) is 0 Å². The van der Waals surface area contributed by atoms with Crippen molar-refractivity contribution in [1.29, 1.82) is 0 Å². The highest BCUT2D eigenvalue weighted by molar-refractivity contribution is 5.72. The zero-order chi connectivity index (χ0) is 15.3. The number of hydrogen-bond donors (Lipinski definition) is 3. The molecule has 0 spiro atoms. The summed E-state index contributed by atoms with van der Waals surface area (Å²) >= 11 is 0. The number of hydrogen-bond acceptors (Lipinski definition) is 4. The molecule has 1 aromatic rings. The number of alkyl carbamates (subject to hydrolysis) is 1. The first kappa shape index (κ1) is 15.8. The number of phenols is 1. The highest BCUT2D eigenvalue weighted by atomic mass is 16.6. The monoisotopic (exact) mass is 281 g/mol. The van der Waals surface area contributed by atoms with E-state index in [1.807, 2.05) is 0 Å². The molecule has 0 unspecified atom stereocenters. The highest BCUT2D eigenvalue weighted by Crippen LogP contribution is 2.21. The fourth-order valence-electron chi connectivity index (χ4n) is 1.62. The maximum atomic E-state index is 11.7. The van der Waals surface area contributed by atoms with Crippen molar-refractivity contribution in [2.24, 2.45) is 0 Å². The number of aromatic hydroxyl groups is 1. The van der Waals surface area contributed by atoms with Gasteiger partial charge in [0, 0.05) is 0 Å². The molecule has 1 amide bonds. The van der Waals surface area contributed by atoms with E-state index in [1.165, 1.54) is 12.1 Å². The van der Waals surface area contributed by atoms with Crippen LogP contribution in [0.15, 0.2) is 24.3 Å². The molecule has 1 atom stereocenters. The molecule has 0 heterocycles. The molecule has 0 aliphatic heterocycles. The predicted molar refractivity (Wildman–Crippen MR) is 72.5 cm³/mol. The number of rotatable bonds is 4. The molecule has 3 N–H and O–H groups in total. The third kappa shape index (κ3) is 5.60. The molecule has 0 saturated carbocycles. The van der Waals surface area contributed by atoms with Gasteiger partial charge in [0.2, 0.25) is 0 Å². The molecule has 0 radical (unpaired) electrons. The minimum absolute atomic E-state index is 0.00359. The fourth-order valence-corrected chi connectivity index (χ4v) is 1.62. The summed E-state index contributed by atoms with van der Waals surface area (Å²) in [6.07, 6.45) is -1.00. The first-order valence-corrected chi connectivity index (χ1v) is 6.17. The van der Waals surface area contributed by atoms with Crippen molar-refractivity contribution in [3.63, 3.8) is 0 Å². The first-order valence-electron chi connectivity index (χ1n) is 6.17. The number of carboxylic acid groups (broad SMARTS) is 1. The van der Waals surface area contributed by atoms with Gasteiger partial charge in [0.15, 0.2) is 0 Å². The molecule has 110 valence electrons. The molecule has 0 aliphatic carbocycles. The Balaban J connectivity index is 2.85. The van der Waals surface area contributed by atoms with Gasteiger partial charge in [-0.25, -0.2) is 4.79 Å². The van der Waals surface area contributed by atoms with Crippen molar-refractivity contribution in [1.82, 2.24) is 5.32 Å². The third-order valence-electron chi connectivity index (χ3n) is 2.34. The van der Waals surface area contributed by atoms with Crippen LogP contribution in [0.5, 0.6) is 5.75 Å². The van der Waals surface area contributed by atoms with Gasteiger partial charge >= 0.3 is 12.1 Å². The van der Waals surface area contributed by atoms with E-state index in [9.17, 15) is 14.7 Å². The molecular formula is C14H19NO5. The van der Waals surface area contributed by atoms with Crippen LogP contribution in [0, 0.1) is 0 Å². The minimum Gasteiger partial charge on any atom is -0.508 e. The van der Waals surface area contributed by atoms with Gasteiger partial charge in [-0.2, -0.15) is 0 Å². The van der Waals surface area contributed by atoms with Crippen molar-refractivity contribution >= 4 is 12.1 Å². The van der Waals surface area contributed by atoms with Gasteiger partial charge in [-0.3, -0.25) is 4.79 Å². The van der Waals surface area contributed by atoms with Crippen LogP contribution in [0.3, 0.4) is 0 Å². The molecule has 1 aromatic carbocycles. The fraction of sp³-hybridized carbons (Fsp3) is 0.429. The molecule has 6 heteroatoms. The van der Waals surface area contributed by atoms with Crippen LogP contribution in [-0.2, 0) is 9.53 Å². The predicted octanol–water partition coefficient (Wildman–Crippen LogP) is 2.43. The van der Waals surface area contributed by atoms with Crippen molar-refractivity contribution in [2.75, 3.05) is 0 Å². The summed E-state index contributed by atoms with van der Waals surface area (Å²) in [5, 5.41) is 20.8. The zero-order valence-electron chi connectivity index (χ0n) is 11.7. The van der Waals surface area contributed by atoms with Gasteiger partial charge in [0.25, 0.3) is 0 Å². The molecule has 6 nitrogen and oxygen atoms in total. The summed E-state index contributed by atoms with van der Waals surface area (Å²) in [6.45, 7) is 5.15. The quantitative estimate of drug-likeness (QED) is 0.787. The van der Waals surface area contributed by atoms with Gasteiger partial charge in [-0.1, -0.05) is 12.1 Å². The Morgan fingerprint density at radius 1 is 1.35 bits per heavy atom. The van der Waals surface area contributed by atoms with Crippen LogP contribution in [-0.4, -0.2) is 27.9 Å². The lowest BCUT2D eigenvalue weighted by atomic mass is 10.0. The second-order valence-corrected chi connectivity index (χ2v) is 5.39. The molecule has 1 rings (SSSR count). The van der Waals surface area contributed by atoms with Gasteiger partial charge in [0.05, 0.1) is 12.5 Å². The van der Waals surface area contributed by atoms with E-state index < -0.39 is 23.7 Å². The standard InChI is InChI=1S/C14H19NO5/c1-14(2,3)20-13(19)15-11(8-12(17)18)9-5-4-6-10(16)7-9/h4-7,11,16H,8H2,1-3H3,(H,15,19)(H,17,18)/t11-/m0/s1. The molecule has 0 fully saturated rings. The number of carbonyl (C=O) groups excluding carboxylic acids is 1. The number of aliphatic carboxylic acids is 1. The summed E-state index contributed by atoms with van der Waals surface area (Å²) < 4.78 is 5.10. The molecule has 0 saturated heterocycles. The average molecular weight is 281 g/mol. The lowest BCUT2D eigenvalue weighted by Crippen LogP contribution is -2.35. The number of ether oxygens (including phenoxy) is 1. The SMILES string of the molecule is CC(C)(C)OC(=O)N[C@@H](CC(=O)O)c1cccc(O)c1. The van der Waals surface area contributed by atoms with Gasteiger partial charge in [-0.05, 0) is 38.5 Å². The van der Waals surface area contributed by atoms with Crippen molar-refractivity contribution in [2.45, 2.75) is 38.8 Å². The van der Waals surface area contributed by atoms with E-state index in [0.29, 0.717) is 5.56 Å². The van der Waals surface area contributed by atoms with Crippen LogP contribution in [0.2, 0.25) is 0 Å². The van der Waals surface area contributed by atoms with Crippen LogP contribution in [0.25, 0.3) is 0 Å². The first-order chi connectivity index (χ1) is 9.17. The summed E-state index contributed by atoms with van der Waals surface area (Å²) in [7, 11) is 0. The number of phenolic OH excluding ortho intramolecular Hbond substituents is 1. The van der Waals surface area contributed by atoms with E-state index in [-0.39, 0.29) is 12.2 Å². The number of amides is 1. The second-order valence-electron chi connectivity index (χ2n) is 5.39. The summed E-state index contributed by atoms with van der Waals surface area (Å²) in [5.41, 5.74) is -0.172. The molecule has 0 bridgehead atoms. The average Bonchev–Trinajstić information content (AvgIpc) is 2.24. The Morgan fingerprint density at radius 2 is 2.00 bits per heavy atom. The maximum Gasteiger partial charge on any atom is 0.408 e. The van der Waals surface area contributed by atoms with Crippen LogP contribution in [0.4, 0.5) is 4.79 Å². The minimum atomic E-state index is -1.06. The topological polar surface area (TPSA) is 95.9 Å². The molecule has 20 heavy (non-hydrogen) atoms. The summed E-state index contributed by atoms with van der Waals surface area (Å²) in [4.78, 5) is 22.6. The van der Waals surface area contributed by atoms with Crippen molar-refractivity contribution in [3.8, 4) is 5.75 Å². The van der Waals surface area contributed by atoms with Crippen LogP contribution >= 0.6 is 0 Å². The molecule has 0 aliphatic rings. The maximum absolute atomic E-state index is 11.7.